The van der Waals surface area contributed by atoms with Crippen molar-refractivity contribution in [2.45, 2.75) is 167 Å². The monoisotopic (exact) mass is 740 g/mol. The van der Waals surface area contributed by atoms with Gasteiger partial charge in [0.05, 0.1) is 13.2 Å². The van der Waals surface area contributed by atoms with Gasteiger partial charge in [-0.1, -0.05) is 89.9 Å². The third-order valence-corrected chi connectivity index (χ3v) is 11.4. The first-order chi connectivity index (χ1) is 23.6. The van der Waals surface area contributed by atoms with Crippen molar-refractivity contribution in [2.75, 3.05) is 52.3 Å². The van der Waals surface area contributed by atoms with Crippen molar-refractivity contribution in [3.63, 3.8) is 0 Å². The molecular formula is C40H74F4NO4P. The minimum Gasteiger partial charge on any atom is -0.465 e. The largest absolute Gasteiger partial charge is 0.465 e. The van der Waals surface area contributed by atoms with Crippen LogP contribution in [0.3, 0.4) is 0 Å². The van der Waals surface area contributed by atoms with Crippen LogP contribution in [0.5, 0.6) is 0 Å². The summed E-state index contributed by atoms with van der Waals surface area (Å²) in [5.74, 6) is -3.16. The molecule has 0 aromatic heterocycles. The van der Waals surface area contributed by atoms with E-state index in [1.807, 2.05) is 6.92 Å². The van der Waals surface area contributed by atoms with Crippen molar-refractivity contribution in [3.05, 3.63) is 24.3 Å². The minimum absolute atomic E-state index is 0. The quantitative estimate of drug-likeness (QED) is 0.0213. The summed E-state index contributed by atoms with van der Waals surface area (Å²) in [5, 5.41) is 0. The van der Waals surface area contributed by atoms with Gasteiger partial charge >= 0.3 is 11.9 Å². The lowest BCUT2D eigenvalue weighted by Gasteiger charge is -2.18. The molecule has 0 aromatic rings. The van der Waals surface area contributed by atoms with Crippen LogP contribution in [0, 0.1) is 0 Å². The van der Waals surface area contributed by atoms with E-state index in [2.05, 4.69) is 25.9 Å². The Morgan fingerprint density at radius 1 is 0.700 bits per heavy atom. The number of hydrogen-bond donors (Lipinski definition) is 0. The lowest BCUT2D eigenvalue weighted by molar-refractivity contribution is -0.144. The van der Waals surface area contributed by atoms with Crippen LogP contribution in [0.1, 0.15) is 155 Å². The maximum atomic E-state index is 13.6. The molecule has 2 unspecified atom stereocenters. The Balaban J connectivity index is 0. The number of esters is 2. The van der Waals surface area contributed by atoms with Crippen molar-refractivity contribution >= 4 is 19.9 Å². The molecule has 0 amide bonds. The fourth-order valence-electron chi connectivity index (χ4n) is 5.49. The Morgan fingerprint density at radius 3 is 1.70 bits per heavy atom. The molecule has 0 aromatic carbocycles. The zero-order chi connectivity index (χ0) is 36.4. The van der Waals surface area contributed by atoms with E-state index in [-0.39, 0.29) is 37.6 Å². The number of ether oxygens (including phenoxy) is 2. The highest BCUT2D eigenvalue weighted by atomic mass is 31.1. The molecule has 0 radical (unpaired) electrons. The molecule has 0 bridgehead atoms. The Kier molecular flexibility index (Phi) is 36.4. The summed E-state index contributed by atoms with van der Waals surface area (Å²) in [7, 11) is 4.32. The zero-order valence-corrected chi connectivity index (χ0v) is 33.1. The van der Waals surface area contributed by atoms with Crippen LogP contribution in [-0.2, 0) is 19.1 Å². The zero-order valence-electron chi connectivity index (χ0n) is 32.3. The van der Waals surface area contributed by atoms with Crippen LogP contribution >= 0.6 is 7.92 Å². The van der Waals surface area contributed by atoms with Crippen molar-refractivity contribution in [1.29, 1.82) is 0 Å². The van der Waals surface area contributed by atoms with Gasteiger partial charge in [-0.15, -0.1) is 7.92 Å². The lowest BCUT2D eigenvalue weighted by Crippen LogP contribution is -2.13. The van der Waals surface area contributed by atoms with E-state index in [4.69, 9.17) is 9.47 Å². The number of allylic oxidation sites excluding steroid dienone is 2. The molecule has 0 N–H and O–H groups in total. The third-order valence-electron chi connectivity index (χ3n) is 8.54. The topological polar surface area (TPSA) is 55.8 Å². The molecule has 10 heteroatoms. The van der Waals surface area contributed by atoms with Gasteiger partial charge in [-0.2, -0.15) is 0 Å². The number of rotatable bonds is 35. The third kappa shape index (κ3) is 36.3. The second kappa shape index (κ2) is 35.9. The lowest BCUT2D eigenvalue weighted by atomic mass is 10.1. The highest BCUT2D eigenvalue weighted by molar-refractivity contribution is 7.57. The summed E-state index contributed by atoms with van der Waals surface area (Å²) >= 11 is 0. The number of carbonyl (C=O) groups excluding carboxylic acids is 2. The second-order valence-electron chi connectivity index (χ2n) is 13.8. The smallest absolute Gasteiger partial charge is 0.305 e. The summed E-state index contributed by atoms with van der Waals surface area (Å²) in [6.07, 6.45) is 27.7. The fourth-order valence-corrected chi connectivity index (χ4v) is 8.17. The molecule has 0 heterocycles. The summed E-state index contributed by atoms with van der Waals surface area (Å²) in [4.78, 5) is 26.2. The molecule has 50 heavy (non-hydrogen) atoms. The van der Waals surface area contributed by atoms with E-state index < -0.39 is 12.1 Å². The first-order valence-corrected chi connectivity index (χ1v) is 21.5. The van der Waals surface area contributed by atoms with Gasteiger partial charge < -0.3 is 14.4 Å². The van der Waals surface area contributed by atoms with E-state index >= 15 is 0 Å². The summed E-state index contributed by atoms with van der Waals surface area (Å²) < 4.78 is 51.3. The minimum atomic E-state index is -2.77. The number of carbonyl (C=O) groups is 2. The Labute approximate surface area is 305 Å². The molecule has 0 aliphatic rings. The molecule has 5 nitrogen and oxygen atoms in total. The van der Waals surface area contributed by atoms with E-state index in [9.17, 15) is 22.8 Å². The highest BCUT2D eigenvalue weighted by Gasteiger charge is 2.23. The summed E-state index contributed by atoms with van der Waals surface area (Å²) in [6, 6.07) is 0. The summed E-state index contributed by atoms with van der Waals surface area (Å²) in [6.45, 7) is 5.59. The average molecular weight is 740 g/mol. The molecular weight excluding hydrogens is 665 g/mol. The molecule has 296 valence electrons. The van der Waals surface area contributed by atoms with E-state index in [1.54, 1.807) is 12.2 Å². The second-order valence-corrected chi connectivity index (χ2v) is 16.4. The maximum absolute atomic E-state index is 13.6. The first-order valence-electron chi connectivity index (χ1n) is 19.6. The van der Waals surface area contributed by atoms with Gasteiger partial charge in [0, 0.05) is 19.3 Å². The standard InChI is InChI=1S/C40H73F3NO4P.FH/c1-5-7-25-37(41)26-17-20-32-47-38(45)27-15-11-9-13-22-34-49(36-24-19-31-44(3)4)35-23-14-10-12-16-28-39(46)48-33-21-18-30-40(42,43)29-8-6-2;/h17-18,26,30,37H,5-16,19-25,27-29,31-36H2,1-4H3;1H/b26-17-,30-18-;. The number of alkyl halides is 3. The molecule has 0 rings (SSSR count). The predicted molar refractivity (Wildman–Crippen MR) is 206 cm³/mol. The molecule has 0 aliphatic carbocycles. The van der Waals surface area contributed by atoms with Crippen LogP contribution in [0.15, 0.2) is 24.3 Å². The van der Waals surface area contributed by atoms with Crippen LogP contribution < -0.4 is 0 Å². The van der Waals surface area contributed by atoms with Crippen molar-refractivity contribution in [3.8, 4) is 0 Å². The molecule has 0 spiro atoms. The molecule has 0 saturated heterocycles. The van der Waals surface area contributed by atoms with E-state index in [0.29, 0.717) is 45.1 Å². The van der Waals surface area contributed by atoms with Gasteiger partial charge in [-0.3, -0.25) is 14.3 Å². The van der Waals surface area contributed by atoms with Crippen LogP contribution in [0.2, 0.25) is 0 Å². The van der Waals surface area contributed by atoms with Crippen molar-refractivity contribution < 1.29 is 36.9 Å². The SMILES string of the molecule is CCCCC(F)/C=C\CCOC(=O)CCCCCCCP(CCCCCCCC(=O)OCC/C=C\C(F)(F)CCCC)CCCCN(C)C.F. The van der Waals surface area contributed by atoms with Gasteiger partial charge in [0.1, 0.15) is 6.17 Å². The number of nitrogens with zero attached hydrogens (tertiary/aromatic N) is 1. The Hall–Kier alpha value is -1.47. The van der Waals surface area contributed by atoms with Gasteiger partial charge in [-0.05, 0) is 109 Å². The fraction of sp³-hybridized carbons (Fsp3) is 0.850. The molecule has 0 fully saturated rings. The Morgan fingerprint density at radius 2 is 1.18 bits per heavy atom. The van der Waals surface area contributed by atoms with Crippen LogP contribution in [-0.4, -0.2) is 81.3 Å². The van der Waals surface area contributed by atoms with Crippen LogP contribution in [0.25, 0.3) is 0 Å². The van der Waals surface area contributed by atoms with Crippen molar-refractivity contribution in [1.82, 2.24) is 4.90 Å². The van der Waals surface area contributed by atoms with E-state index in [1.165, 1.54) is 63.1 Å². The van der Waals surface area contributed by atoms with E-state index in [0.717, 1.165) is 70.4 Å². The number of unbranched alkanes of at least 4 members (excludes halogenated alkanes) is 11. The normalized spacial score (nSPS) is 13.2. The van der Waals surface area contributed by atoms with Gasteiger partial charge in [-0.25, -0.2) is 13.2 Å². The van der Waals surface area contributed by atoms with Crippen molar-refractivity contribution in [2.24, 2.45) is 0 Å². The number of hydrogen-bond acceptors (Lipinski definition) is 5. The number of halogens is 4. The average Bonchev–Trinajstić information content (AvgIpc) is 3.06. The Bertz CT molecular complexity index is 844. The maximum Gasteiger partial charge on any atom is 0.305 e. The first kappa shape index (κ1) is 50.6. The molecule has 0 aliphatic heterocycles. The van der Waals surface area contributed by atoms with Gasteiger partial charge in [0.2, 0.25) is 0 Å². The summed E-state index contributed by atoms with van der Waals surface area (Å²) in [5.41, 5.74) is 0. The molecule has 0 saturated carbocycles. The predicted octanol–water partition coefficient (Wildman–Crippen LogP) is 12.0. The van der Waals surface area contributed by atoms with Gasteiger partial charge in [0.15, 0.2) is 0 Å². The highest BCUT2D eigenvalue weighted by Crippen LogP contribution is 2.39. The van der Waals surface area contributed by atoms with Crippen LogP contribution in [0.4, 0.5) is 17.9 Å². The molecule has 2 atom stereocenters. The van der Waals surface area contributed by atoms with Gasteiger partial charge in [0.25, 0.3) is 5.92 Å².